The molecular formula is C21H22N4O2. The van der Waals surface area contributed by atoms with E-state index in [9.17, 15) is 4.79 Å². The molecule has 1 aromatic carbocycles. The van der Waals surface area contributed by atoms with Gasteiger partial charge in [-0.1, -0.05) is 25.3 Å². The van der Waals surface area contributed by atoms with E-state index in [4.69, 9.17) is 9.84 Å². The summed E-state index contributed by atoms with van der Waals surface area (Å²) in [6, 6.07) is 6.28. The van der Waals surface area contributed by atoms with E-state index < -0.39 is 0 Å². The zero-order valence-electron chi connectivity index (χ0n) is 15.4. The topological polar surface area (TPSA) is 69.9 Å². The first-order chi connectivity index (χ1) is 13.2. The zero-order chi connectivity index (χ0) is 18.4. The van der Waals surface area contributed by atoms with E-state index in [1.54, 1.807) is 7.11 Å². The maximum absolute atomic E-state index is 12.9. The third-order valence-electron chi connectivity index (χ3n) is 5.94. The van der Waals surface area contributed by atoms with E-state index in [-0.39, 0.29) is 11.7 Å². The molecule has 138 valence electrons. The number of carbonyl (C=O) groups excluding carboxylic acids is 1. The van der Waals surface area contributed by atoms with Crippen molar-refractivity contribution in [1.29, 1.82) is 0 Å². The Morgan fingerprint density at radius 1 is 1.15 bits per heavy atom. The van der Waals surface area contributed by atoms with Crippen LogP contribution in [0.3, 0.4) is 0 Å². The van der Waals surface area contributed by atoms with Crippen LogP contribution in [0.5, 0.6) is 5.75 Å². The number of Topliss-reactive ketones (excluding diaryl/α,β-unsaturated/α-hetero) is 1. The molecule has 1 unspecified atom stereocenters. The fraction of sp³-hybridized carbons (Fsp3) is 0.429. The Morgan fingerprint density at radius 2 is 2.00 bits per heavy atom. The largest absolute Gasteiger partial charge is 0.497 e. The summed E-state index contributed by atoms with van der Waals surface area (Å²) in [7, 11) is 1.64. The fourth-order valence-corrected chi connectivity index (χ4v) is 4.53. The Balaban J connectivity index is 1.61. The van der Waals surface area contributed by atoms with E-state index in [0.29, 0.717) is 18.1 Å². The van der Waals surface area contributed by atoms with Gasteiger partial charge in [-0.05, 0) is 36.1 Å². The summed E-state index contributed by atoms with van der Waals surface area (Å²) in [5, 5.41) is 5.60. The lowest BCUT2D eigenvalue weighted by Crippen LogP contribution is -2.13. The molecule has 0 N–H and O–H groups in total. The number of fused-ring (bicyclic) bond motifs is 2. The van der Waals surface area contributed by atoms with Crippen molar-refractivity contribution in [2.45, 2.75) is 50.5 Å². The van der Waals surface area contributed by atoms with Crippen LogP contribution in [0.1, 0.15) is 60.9 Å². The molecule has 0 radical (unpaired) electrons. The second-order valence-corrected chi connectivity index (χ2v) is 7.54. The highest BCUT2D eigenvalue weighted by atomic mass is 16.5. The van der Waals surface area contributed by atoms with Crippen LogP contribution in [0.25, 0.3) is 11.0 Å². The molecule has 2 aliphatic rings. The molecule has 0 bridgehead atoms. The van der Waals surface area contributed by atoms with Gasteiger partial charge >= 0.3 is 0 Å². The van der Waals surface area contributed by atoms with Crippen LogP contribution in [0.2, 0.25) is 0 Å². The Morgan fingerprint density at radius 3 is 2.81 bits per heavy atom. The molecule has 6 nitrogen and oxygen atoms in total. The first-order valence-electron chi connectivity index (χ1n) is 9.64. The smallest absolute Gasteiger partial charge is 0.184 e. The Labute approximate surface area is 157 Å². The minimum Gasteiger partial charge on any atom is -0.497 e. The predicted octanol–water partition coefficient (Wildman–Crippen LogP) is 3.60. The van der Waals surface area contributed by atoms with E-state index in [1.165, 1.54) is 25.6 Å². The zero-order valence-corrected chi connectivity index (χ0v) is 15.4. The molecule has 27 heavy (non-hydrogen) atoms. The van der Waals surface area contributed by atoms with Gasteiger partial charge in [0.25, 0.3) is 0 Å². The maximum Gasteiger partial charge on any atom is 0.184 e. The van der Waals surface area contributed by atoms with Gasteiger partial charge in [-0.15, -0.1) is 0 Å². The number of aromatic nitrogens is 4. The Kier molecular flexibility index (Phi) is 3.92. The molecule has 6 heteroatoms. The highest BCUT2D eigenvalue weighted by Crippen LogP contribution is 2.39. The van der Waals surface area contributed by atoms with Crippen LogP contribution in [0, 0.1) is 0 Å². The summed E-state index contributed by atoms with van der Waals surface area (Å²) in [6.45, 7) is 0. The molecule has 2 aliphatic carbocycles. The van der Waals surface area contributed by atoms with Crippen molar-refractivity contribution >= 4 is 16.8 Å². The normalized spacial score (nSPS) is 20.2. The number of nitrogens with zero attached hydrogens (tertiary/aromatic N) is 4. The van der Waals surface area contributed by atoms with Gasteiger partial charge in [-0.25, -0.2) is 9.97 Å². The van der Waals surface area contributed by atoms with Gasteiger partial charge in [0.05, 0.1) is 30.1 Å². The van der Waals surface area contributed by atoms with E-state index in [1.807, 2.05) is 29.1 Å². The third kappa shape index (κ3) is 2.71. The highest BCUT2D eigenvalue weighted by Gasteiger charge is 2.35. The molecule has 0 amide bonds. The van der Waals surface area contributed by atoms with Gasteiger partial charge in [0.2, 0.25) is 0 Å². The van der Waals surface area contributed by atoms with Gasteiger partial charge in [0.1, 0.15) is 12.1 Å². The molecule has 0 aliphatic heterocycles. The van der Waals surface area contributed by atoms with Gasteiger partial charge < -0.3 is 4.74 Å². The fourth-order valence-electron chi connectivity index (χ4n) is 4.53. The number of carbonyl (C=O) groups is 1. The van der Waals surface area contributed by atoms with Crippen molar-refractivity contribution in [3.63, 3.8) is 0 Å². The van der Waals surface area contributed by atoms with Crippen LogP contribution >= 0.6 is 0 Å². The lowest BCUT2D eigenvalue weighted by molar-refractivity contribution is -0.118. The number of rotatable bonds is 3. The minimum absolute atomic E-state index is 0.170. The first kappa shape index (κ1) is 16.4. The van der Waals surface area contributed by atoms with E-state index in [2.05, 4.69) is 9.97 Å². The number of ether oxygens (including phenoxy) is 1. The van der Waals surface area contributed by atoms with Gasteiger partial charge in [0.15, 0.2) is 11.4 Å². The predicted molar refractivity (Wildman–Crippen MR) is 101 cm³/mol. The van der Waals surface area contributed by atoms with Gasteiger partial charge in [0, 0.05) is 12.6 Å². The second kappa shape index (κ2) is 6.44. The van der Waals surface area contributed by atoms with E-state index in [0.717, 1.165) is 40.8 Å². The van der Waals surface area contributed by atoms with Crippen LogP contribution < -0.4 is 4.74 Å². The first-order valence-corrected chi connectivity index (χ1v) is 9.64. The number of hydrogen-bond acceptors (Lipinski definition) is 5. The molecule has 1 fully saturated rings. The third-order valence-corrected chi connectivity index (χ3v) is 5.94. The summed E-state index contributed by atoms with van der Waals surface area (Å²) in [6.07, 6.45) is 10.1. The average Bonchev–Trinajstić information content (AvgIpc) is 3.28. The molecule has 5 rings (SSSR count). The molecule has 0 spiro atoms. The SMILES string of the molecule is COc1ccc2c(c1)C(c1ncnc3nn(C4CCCCC4)cc13)C(=O)C2. The summed E-state index contributed by atoms with van der Waals surface area (Å²) >= 11 is 0. The molecule has 2 aromatic heterocycles. The molecule has 0 saturated heterocycles. The lowest BCUT2D eigenvalue weighted by atomic mass is 9.94. The quantitative estimate of drug-likeness (QED) is 0.712. The van der Waals surface area contributed by atoms with Gasteiger partial charge in [-0.2, -0.15) is 5.10 Å². The standard InChI is InChI=1S/C21H22N4O2/c1-27-15-8-7-13-9-18(26)19(16(13)10-15)20-17-11-25(14-5-3-2-4-6-14)24-21(17)23-12-22-20/h7-8,10-12,14,19H,2-6,9H2,1H3. The molecule has 1 saturated carbocycles. The molecule has 1 atom stereocenters. The highest BCUT2D eigenvalue weighted by molar-refractivity contribution is 5.98. The molecule has 2 heterocycles. The summed E-state index contributed by atoms with van der Waals surface area (Å²) in [5.41, 5.74) is 3.48. The summed E-state index contributed by atoms with van der Waals surface area (Å²) in [5.74, 6) is 0.560. The monoisotopic (exact) mass is 362 g/mol. The minimum atomic E-state index is -0.371. The number of benzene rings is 1. The maximum atomic E-state index is 12.9. The second-order valence-electron chi connectivity index (χ2n) is 7.54. The van der Waals surface area contributed by atoms with Gasteiger partial charge in [-0.3, -0.25) is 9.48 Å². The van der Waals surface area contributed by atoms with Crippen molar-refractivity contribution in [1.82, 2.24) is 19.7 Å². The van der Waals surface area contributed by atoms with E-state index >= 15 is 0 Å². The molecular weight excluding hydrogens is 340 g/mol. The van der Waals surface area contributed by atoms with Crippen molar-refractivity contribution in [2.24, 2.45) is 0 Å². The Hall–Kier alpha value is -2.76. The number of methoxy groups -OCH3 is 1. The van der Waals surface area contributed by atoms with Crippen LogP contribution in [-0.2, 0) is 11.2 Å². The molecule has 3 aromatic rings. The number of ketones is 1. The average molecular weight is 362 g/mol. The van der Waals surface area contributed by atoms with Crippen molar-refractivity contribution < 1.29 is 9.53 Å². The van der Waals surface area contributed by atoms with Crippen molar-refractivity contribution in [3.05, 3.63) is 47.5 Å². The Bertz CT molecular complexity index is 1020. The summed E-state index contributed by atoms with van der Waals surface area (Å²) in [4.78, 5) is 21.7. The van der Waals surface area contributed by atoms with Crippen LogP contribution in [-0.4, -0.2) is 32.6 Å². The number of hydrogen-bond donors (Lipinski definition) is 0. The van der Waals surface area contributed by atoms with Crippen molar-refractivity contribution in [2.75, 3.05) is 7.11 Å². The van der Waals surface area contributed by atoms with Crippen molar-refractivity contribution in [3.8, 4) is 5.75 Å². The van der Waals surface area contributed by atoms with Crippen LogP contribution in [0.4, 0.5) is 0 Å². The lowest BCUT2D eigenvalue weighted by Gasteiger charge is -2.21. The summed E-state index contributed by atoms with van der Waals surface area (Å²) < 4.78 is 7.42. The van der Waals surface area contributed by atoms with Crippen LogP contribution in [0.15, 0.2) is 30.7 Å².